The molecular formula is C5H12N2O3. The molecule has 0 aromatic heterocycles. The first-order valence-corrected chi connectivity index (χ1v) is 2.98. The molecule has 5 heteroatoms. The number of rotatable bonds is 5. The van der Waals surface area contributed by atoms with E-state index in [1.807, 2.05) is 0 Å². The molecule has 0 aromatic carbocycles. The first-order valence-electron chi connectivity index (χ1n) is 2.98. The average molecular weight is 148 g/mol. The summed E-state index contributed by atoms with van der Waals surface area (Å²) in [5.74, 6) is -1.04. The fraction of sp³-hybridized carbons (Fsp3) is 0.800. The number of carbonyl (C=O) groups is 1. The number of aliphatic carboxylic acids is 1. The highest BCUT2D eigenvalue weighted by molar-refractivity contribution is 5.73. The van der Waals surface area contributed by atoms with E-state index in [9.17, 15) is 4.79 Å². The van der Waals surface area contributed by atoms with Crippen LogP contribution in [0.4, 0.5) is 0 Å². The van der Waals surface area contributed by atoms with Crippen LogP contribution in [0.5, 0.6) is 0 Å². The van der Waals surface area contributed by atoms with Gasteiger partial charge in [-0.05, 0) is 0 Å². The molecule has 5 N–H and O–H groups in total. The van der Waals surface area contributed by atoms with Crippen LogP contribution in [0, 0.1) is 0 Å². The molecular weight excluding hydrogens is 136 g/mol. The van der Waals surface area contributed by atoms with Crippen LogP contribution in [0.2, 0.25) is 0 Å². The average Bonchev–Trinajstić information content (AvgIpc) is 1.88. The van der Waals surface area contributed by atoms with E-state index in [1.54, 1.807) is 0 Å². The van der Waals surface area contributed by atoms with Crippen molar-refractivity contribution in [3.63, 3.8) is 0 Å². The van der Waals surface area contributed by atoms with Crippen molar-refractivity contribution in [3.05, 3.63) is 0 Å². The Morgan fingerprint density at radius 2 is 2.30 bits per heavy atom. The normalized spacial score (nSPS) is 13.0. The van der Waals surface area contributed by atoms with Gasteiger partial charge in [0.2, 0.25) is 0 Å². The standard InChI is InChI=1S/C5H12N2O3/c6-4(5(9)10)3-7-1-2-8/h4,7-8H,1-3,6H2,(H,9,10)/t4-/m1/s1. The molecule has 0 saturated carbocycles. The molecule has 0 bridgehead atoms. The van der Waals surface area contributed by atoms with Gasteiger partial charge in [0.1, 0.15) is 6.04 Å². The zero-order chi connectivity index (χ0) is 7.98. The smallest absolute Gasteiger partial charge is 0.321 e. The summed E-state index contributed by atoms with van der Waals surface area (Å²) in [4.78, 5) is 10.1. The van der Waals surface area contributed by atoms with Gasteiger partial charge in [0.05, 0.1) is 6.61 Å². The molecule has 0 aliphatic heterocycles. The summed E-state index contributed by atoms with van der Waals surface area (Å²) >= 11 is 0. The summed E-state index contributed by atoms with van der Waals surface area (Å²) in [5, 5.41) is 19.2. The summed E-state index contributed by atoms with van der Waals surface area (Å²) in [6, 6.07) is -0.883. The van der Waals surface area contributed by atoms with Crippen LogP contribution in [0.25, 0.3) is 0 Å². The number of aliphatic hydroxyl groups excluding tert-OH is 1. The Balaban J connectivity index is 3.21. The van der Waals surface area contributed by atoms with Gasteiger partial charge >= 0.3 is 5.97 Å². The lowest BCUT2D eigenvalue weighted by Crippen LogP contribution is -2.41. The van der Waals surface area contributed by atoms with E-state index in [2.05, 4.69) is 5.32 Å². The lowest BCUT2D eigenvalue weighted by molar-refractivity contribution is -0.138. The molecule has 60 valence electrons. The third-order valence-corrected chi connectivity index (χ3v) is 0.970. The largest absolute Gasteiger partial charge is 0.480 e. The number of aliphatic hydroxyl groups is 1. The highest BCUT2D eigenvalue weighted by Crippen LogP contribution is 1.73. The van der Waals surface area contributed by atoms with Gasteiger partial charge < -0.3 is 21.3 Å². The number of hydrogen-bond acceptors (Lipinski definition) is 4. The molecule has 0 unspecified atom stereocenters. The lowest BCUT2D eigenvalue weighted by Gasteiger charge is -2.05. The minimum atomic E-state index is -1.04. The maximum Gasteiger partial charge on any atom is 0.321 e. The summed E-state index contributed by atoms with van der Waals surface area (Å²) in [6.07, 6.45) is 0. The van der Waals surface area contributed by atoms with Crippen molar-refractivity contribution in [2.24, 2.45) is 5.73 Å². The highest BCUT2D eigenvalue weighted by Gasteiger charge is 2.08. The molecule has 10 heavy (non-hydrogen) atoms. The van der Waals surface area contributed by atoms with Crippen LogP contribution < -0.4 is 11.1 Å². The third kappa shape index (κ3) is 4.25. The Morgan fingerprint density at radius 3 is 2.70 bits per heavy atom. The van der Waals surface area contributed by atoms with E-state index in [0.29, 0.717) is 6.54 Å². The summed E-state index contributed by atoms with van der Waals surface area (Å²) in [5.41, 5.74) is 5.11. The van der Waals surface area contributed by atoms with E-state index in [1.165, 1.54) is 0 Å². The maximum atomic E-state index is 10.1. The number of nitrogens with one attached hydrogen (secondary N) is 1. The maximum absolute atomic E-state index is 10.1. The topological polar surface area (TPSA) is 95.6 Å². The highest BCUT2D eigenvalue weighted by atomic mass is 16.4. The molecule has 0 saturated heterocycles. The second-order valence-corrected chi connectivity index (χ2v) is 1.87. The summed E-state index contributed by atoms with van der Waals surface area (Å²) in [6.45, 7) is 0.559. The van der Waals surface area contributed by atoms with Gasteiger partial charge in [-0.15, -0.1) is 0 Å². The van der Waals surface area contributed by atoms with Crippen LogP contribution >= 0.6 is 0 Å². The number of nitrogens with two attached hydrogens (primary N) is 1. The van der Waals surface area contributed by atoms with Gasteiger partial charge in [-0.25, -0.2) is 0 Å². The van der Waals surface area contributed by atoms with E-state index >= 15 is 0 Å². The Bertz CT molecular complexity index is 107. The Hall–Kier alpha value is -0.650. The molecule has 1 atom stereocenters. The Kier molecular flexibility index (Phi) is 4.82. The molecule has 0 fully saturated rings. The zero-order valence-corrected chi connectivity index (χ0v) is 5.58. The van der Waals surface area contributed by atoms with Crippen molar-refractivity contribution < 1.29 is 15.0 Å². The van der Waals surface area contributed by atoms with Crippen molar-refractivity contribution in [1.29, 1.82) is 0 Å². The second-order valence-electron chi connectivity index (χ2n) is 1.87. The molecule has 5 nitrogen and oxygen atoms in total. The van der Waals surface area contributed by atoms with Crippen molar-refractivity contribution >= 4 is 5.97 Å². The lowest BCUT2D eigenvalue weighted by atomic mass is 10.3. The van der Waals surface area contributed by atoms with Crippen LogP contribution in [0.1, 0.15) is 0 Å². The van der Waals surface area contributed by atoms with Gasteiger partial charge in [0, 0.05) is 13.1 Å². The summed E-state index contributed by atoms with van der Waals surface area (Å²) < 4.78 is 0. The molecule has 0 spiro atoms. The molecule has 0 aliphatic rings. The first kappa shape index (κ1) is 9.35. The molecule has 0 amide bonds. The number of carboxylic acids is 1. The number of carboxylic acid groups (broad SMARTS) is 1. The van der Waals surface area contributed by atoms with E-state index < -0.39 is 12.0 Å². The molecule has 0 aromatic rings. The quantitative estimate of drug-likeness (QED) is 0.337. The van der Waals surface area contributed by atoms with Gasteiger partial charge in [-0.2, -0.15) is 0 Å². The van der Waals surface area contributed by atoms with Gasteiger partial charge in [0.15, 0.2) is 0 Å². The minimum Gasteiger partial charge on any atom is -0.480 e. The first-order chi connectivity index (χ1) is 4.68. The van der Waals surface area contributed by atoms with Crippen LogP contribution in [-0.4, -0.2) is 41.9 Å². The Labute approximate surface area is 58.8 Å². The second kappa shape index (κ2) is 5.16. The van der Waals surface area contributed by atoms with Gasteiger partial charge in [0.25, 0.3) is 0 Å². The van der Waals surface area contributed by atoms with Crippen LogP contribution in [0.3, 0.4) is 0 Å². The fourth-order valence-electron chi connectivity index (χ4n) is 0.424. The minimum absolute atomic E-state index is 0.00760. The molecule has 0 radical (unpaired) electrons. The predicted molar refractivity (Wildman–Crippen MR) is 35.6 cm³/mol. The predicted octanol–water partition coefficient (Wildman–Crippen LogP) is -2.02. The van der Waals surface area contributed by atoms with E-state index in [-0.39, 0.29) is 13.2 Å². The van der Waals surface area contributed by atoms with Crippen molar-refractivity contribution in [2.45, 2.75) is 6.04 Å². The molecule has 0 rings (SSSR count). The zero-order valence-electron chi connectivity index (χ0n) is 5.58. The van der Waals surface area contributed by atoms with E-state index in [4.69, 9.17) is 15.9 Å². The van der Waals surface area contributed by atoms with Gasteiger partial charge in [-0.3, -0.25) is 4.79 Å². The Morgan fingerprint density at radius 1 is 1.70 bits per heavy atom. The molecule has 0 aliphatic carbocycles. The van der Waals surface area contributed by atoms with Crippen LogP contribution in [0.15, 0.2) is 0 Å². The third-order valence-electron chi connectivity index (χ3n) is 0.970. The summed E-state index contributed by atoms with van der Waals surface area (Å²) in [7, 11) is 0. The van der Waals surface area contributed by atoms with Crippen molar-refractivity contribution in [3.8, 4) is 0 Å². The molecule has 0 heterocycles. The fourth-order valence-corrected chi connectivity index (χ4v) is 0.424. The van der Waals surface area contributed by atoms with Crippen molar-refractivity contribution in [1.82, 2.24) is 5.32 Å². The van der Waals surface area contributed by atoms with E-state index in [0.717, 1.165) is 0 Å². The monoisotopic (exact) mass is 148 g/mol. The van der Waals surface area contributed by atoms with Gasteiger partial charge in [-0.1, -0.05) is 0 Å². The van der Waals surface area contributed by atoms with Crippen molar-refractivity contribution in [2.75, 3.05) is 19.7 Å². The SMILES string of the molecule is N[C@H](CNCCO)C(=O)O. The van der Waals surface area contributed by atoms with Crippen LogP contribution in [-0.2, 0) is 4.79 Å². The number of hydrogen-bond donors (Lipinski definition) is 4.